The number of halogens is 1. The highest BCUT2D eigenvalue weighted by Crippen LogP contribution is 2.21. The summed E-state index contributed by atoms with van der Waals surface area (Å²) in [6, 6.07) is 2.09. The summed E-state index contributed by atoms with van der Waals surface area (Å²) in [6.45, 7) is 17.9. The van der Waals surface area contributed by atoms with E-state index in [0.29, 0.717) is 51.4 Å². The molecule has 0 aromatic carbocycles. The maximum Gasteiger partial charge on any atom is 0.255 e. The number of hydrogen-bond acceptors (Lipinski definition) is 10. The number of aromatic nitrogens is 6. The summed E-state index contributed by atoms with van der Waals surface area (Å²) >= 11 is 3.31. The molecule has 4 heterocycles. The van der Waals surface area contributed by atoms with Crippen LogP contribution in [0.4, 0.5) is 0 Å². The van der Waals surface area contributed by atoms with Crippen molar-refractivity contribution in [2.45, 2.75) is 97.2 Å². The molecule has 4 aromatic rings. The molecule has 0 saturated heterocycles. The zero-order valence-electron chi connectivity index (χ0n) is 28.3. The summed E-state index contributed by atoms with van der Waals surface area (Å²) in [5.74, 6) is -0.682. The summed E-state index contributed by atoms with van der Waals surface area (Å²) < 4.78 is 8.16. The van der Waals surface area contributed by atoms with Crippen molar-refractivity contribution in [2.75, 3.05) is 6.61 Å². The van der Waals surface area contributed by atoms with Gasteiger partial charge in [0.05, 0.1) is 46.8 Å². The van der Waals surface area contributed by atoms with Gasteiger partial charge in [0.2, 0.25) is 0 Å². The van der Waals surface area contributed by atoms with Crippen LogP contribution in [0.5, 0.6) is 0 Å². The fourth-order valence-electron chi connectivity index (χ4n) is 3.86. The molecule has 0 unspecified atom stereocenters. The Hall–Kier alpha value is -3.75. The molecule has 5 N–H and O–H groups in total. The molecule has 2 amide bonds. The largest absolute Gasteiger partial charge is 0.388 e. The normalized spacial score (nSPS) is 13.4. The third-order valence-corrected chi connectivity index (χ3v) is 9.65. The van der Waals surface area contributed by atoms with Crippen LogP contribution in [0.3, 0.4) is 0 Å². The number of carbonyl (C=O) groups excluding carboxylic acids is 2. The first-order valence-electron chi connectivity index (χ1n) is 15.1. The lowest BCUT2D eigenvalue weighted by Gasteiger charge is -2.26. The highest BCUT2D eigenvalue weighted by molar-refractivity contribution is 9.10. The Kier molecular flexibility index (Phi) is 12.0. The smallest absolute Gasteiger partial charge is 0.255 e. The van der Waals surface area contributed by atoms with E-state index in [-0.39, 0.29) is 17.5 Å². The van der Waals surface area contributed by atoms with Gasteiger partial charge in [-0.3, -0.25) is 9.59 Å². The Morgan fingerprint density at radius 3 is 2.17 bits per heavy atom. The third-order valence-electron chi connectivity index (χ3n) is 7.56. The van der Waals surface area contributed by atoms with Crippen molar-refractivity contribution in [2.24, 2.45) is 0 Å². The maximum absolute atomic E-state index is 12.7. The second kappa shape index (κ2) is 15.0. The van der Waals surface area contributed by atoms with Gasteiger partial charge in [0.1, 0.15) is 28.4 Å². The fourth-order valence-corrected chi connectivity index (χ4v) is 4.89. The Morgan fingerprint density at radius 2 is 1.62 bits per heavy atom. The maximum atomic E-state index is 12.7. The zero-order valence-corrected chi connectivity index (χ0v) is 30.9. The van der Waals surface area contributed by atoms with E-state index in [2.05, 4.69) is 71.1 Å². The Balaban J connectivity index is 0.000000267. The van der Waals surface area contributed by atoms with Crippen molar-refractivity contribution >= 4 is 58.1 Å². The van der Waals surface area contributed by atoms with E-state index in [1.165, 1.54) is 12.4 Å². The predicted molar refractivity (Wildman–Crippen MR) is 184 cm³/mol. The average Bonchev–Trinajstić information content (AvgIpc) is 3.55. The van der Waals surface area contributed by atoms with Gasteiger partial charge in [0, 0.05) is 27.1 Å². The lowest BCUT2D eigenvalue weighted by molar-refractivity contribution is 0.0408. The van der Waals surface area contributed by atoms with Crippen LogP contribution >= 0.6 is 15.9 Å². The molecule has 2 atom stereocenters. The Bertz CT molecular complexity index is 1760. The first-order valence-corrected chi connectivity index (χ1v) is 19.6. The summed E-state index contributed by atoms with van der Waals surface area (Å²) in [5.41, 5.74) is 0.637. The lowest BCUT2D eigenvalue weighted by Crippen LogP contribution is -2.47. The van der Waals surface area contributed by atoms with Gasteiger partial charge in [0.15, 0.2) is 17.0 Å². The lowest BCUT2D eigenvalue weighted by atomic mass is 10.0. The second-order valence-corrected chi connectivity index (χ2v) is 20.1. The second-order valence-electron chi connectivity index (χ2n) is 13.7. The topological polar surface area (TPSA) is 204 Å². The molecule has 0 bridgehead atoms. The first kappa shape index (κ1) is 37.7. The monoisotopic (exact) mass is 729 g/mol. The third kappa shape index (κ3) is 10.4. The van der Waals surface area contributed by atoms with Crippen molar-refractivity contribution in [3.05, 3.63) is 46.2 Å². The number of H-pyrrole nitrogens is 1. The number of hydrogen-bond donors (Lipinski definition) is 5. The number of carbonyl (C=O) groups is 2. The molecule has 0 aliphatic rings. The number of fused-ring (bicyclic) bond motifs is 2. The minimum Gasteiger partial charge on any atom is -0.388 e. The van der Waals surface area contributed by atoms with E-state index in [0.717, 1.165) is 6.04 Å². The highest BCUT2D eigenvalue weighted by atomic mass is 79.9. The predicted octanol–water partition coefficient (Wildman–Crippen LogP) is 4.11. The number of rotatable bonds is 11. The molecule has 0 aliphatic heterocycles. The van der Waals surface area contributed by atoms with Gasteiger partial charge < -0.3 is 35.1 Å². The molecule has 4 aromatic heterocycles. The molecule has 0 aliphatic carbocycles. The van der Waals surface area contributed by atoms with Crippen LogP contribution < -0.4 is 10.6 Å². The molecular weight excluding hydrogens is 686 g/mol. The minimum atomic E-state index is -1.16. The number of nitrogens with one attached hydrogen (secondary N) is 3. The van der Waals surface area contributed by atoms with Gasteiger partial charge in [-0.2, -0.15) is 5.26 Å². The molecule has 47 heavy (non-hydrogen) atoms. The van der Waals surface area contributed by atoms with Crippen LogP contribution in [0.2, 0.25) is 25.7 Å². The molecule has 254 valence electrons. The molecule has 0 spiro atoms. The first-order chi connectivity index (χ1) is 21.7. The number of aromatic amines is 1. The number of nitrogens with zero attached hydrogens (tertiary/aromatic N) is 6. The van der Waals surface area contributed by atoms with Gasteiger partial charge in [-0.1, -0.05) is 19.6 Å². The number of ether oxygens (including phenoxy) is 1. The highest BCUT2D eigenvalue weighted by Gasteiger charge is 2.27. The van der Waals surface area contributed by atoms with Gasteiger partial charge in [-0.25, -0.2) is 19.9 Å². The molecule has 16 heteroatoms. The van der Waals surface area contributed by atoms with Crippen LogP contribution in [-0.4, -0.2) is 89.5 Å². The van der Waals surface area contributed by atoms with Gasteiger partial charge in [-0.05, 0) is 63.5 Å². The zero-order chi connectivity index (χ0) is 35.3. The van der Waals surface area contributed by atoms with E-state index in [9.17, 15) is 19.8 Å². The minimum absolute atomic E-state index is 0.140. The molecule has 0 saturated carbocycles. The van der Waals surface area contributed by atoms with E-state index in [4.69, 9.17) is 10.00 Å². The summed E-state index contributed by atoms with van der Waals surface area (Å²) in [4.78, 5) is 44.6. The van der Waals surface area contributed by atoms with E-state index < -0.39 is 31.4 Å². The van der Waals surface area contributed by atoms with Crippen molar-refractivity contribution in [3.63, 3.8) is 0 Å². The summed E-state index contributed by atoms with van der Waals surface area (Å²) in [7, 11) is -1.16. The van der Waals surface area contributed by atoms with Crippen LogP contribution in [0.25, 0.3) is 22.3 Å². The standard InChI is InChI=1S/C18H29BrN4O3Si.C13H15N5O2/c1-12(18(2,3)25)21-17(24)13-10-23(11-26-7-8-27(4,5)6)16-15(13)22-14(19)9-20-16;1-7(13(2,3)20)17-12(19)9-6-16-11-10(9)18-8(4-14)5-15-11/h9-10,12,25H,7-8,11H2,1-6H3,(H,21,24);5-7,20H,1-3H3,(H,15,16)(H,17,19)/t12-;7-/m11/s1. The van der Waals surface area contributed by atoms with E-state index in [1.54, 1.807) is 58.5 Å². The van der Waals surface area contributed by atoms with Crippen LogP contribution in [-0.2, 0) is 11.5 Å². The Morgan fingerprint density at radius 1 is 1.02 bits per heavy atom. The average molecular weight is 731 g/mol. The molecule has 0 fully saturated rings. The Labute approximate surface area is 283 Å². The molecular formula is C31H44BrN9O5Si. The SMILES string of the molecule is C[C@@H](NC(=O)c1c[nH]c2ncc(C#N)nc12)C(C)(C)O.C[C@@H](NC(=O)c1cn(COCC[Si](C)(C)C)c2ncc(Br)nc12)C(C)(C)O. The number of amides is 2. The van der Waals surface area contributed by atoms with Crippen molar-refractivity contribution in [1.82, 2.24) is 40.1 Å². The molecule has 4 rings (SSSR count). The number of aliphatic hydroxyl groups is 2. The molecule has 0 radical (unpaired) electrons. The van der Waals surface area contributed by atoms with Crippen LogP contribution in [0.15, 0.2) is 29.4 Å². The van der Waals surface area contributed by atoms with Crippen LogP contribution in [0, 0.1) is 11.3 Å². The van der Waals surface area contributed by atoms with Crippen molar-refractivity contribution in [1.29, 1.82) is 5.26 Å². The van der Waals surface area contributed by atoms with E-state index >= 15 is 0 Å². The van der Waals surface area contributed by atoms with Gasteiger partial charge in [0.25, 0.3) is 11.8 Å². The van der Waals surface area contributed by atoms with Gasteiger partial charge >= 0.3 is 0 Å². The number of nitriles is 1. The summed E-state index contributed by atoms with van der Waals surface area (Å²) in [5, 5.41) is 34.3. The summed E-state index contributed by atoms with van der Waals surface area (Å²) in [6.07, 6.45) is 6.12. The van der Waals surface area contributed by atoms with E-state index in [1.807, 2.05) is 6.07 Å². The van der Waals surface area contributed by atoms with Crippen LogP contribution in [0.1, 0.15) is 68.0 Å². The quantitative estimate of drug-likeness (QED) is 0.110. The van der Waals surface area contributed by atoms with Crippen molar-refractivity contribution in [3.8, 4) is 6.07 Å². The fraction of sp³-hybridized carbons (Fsp3) is 0.516. The molecule has 14 nitrogen and oxygen atoms in total. The van der Waals surface area contributed by atoms with Gasteiger partial charge in [-0.15, -0.1) is 0 Å². The van der Waals surface area contributed by atoms with Crippen molar-refractivity contribution < 1.29 is 24.5 Å².